The number of nitrogens with zero attached hydrogens (tertiary/aromatic N) is 1. The van der Waals surface area contributed by atoms with Crippen molar-refractivity contribution in [1.82, 2.24) is 4.98 Å². The van der Waals surface area contributed by atoms with E-state index in [0.29, 0.717) is 6.61 Å². The first-order valence-corrected chi connectivity index (χ1v) is 7.59. The number of rotatable bonds is 4. The molecule has 2 aromatic carbocycles. The number of aryl methyl sites for hydroxylation is 1. The van der Waals surface area contributed by atoms with Crippen molar-refractivity contribution in [1.29, 1.82) is 0 Å². The summed E-state index contributed by atoms with van der Waals surface area (Å²) in [6.45, 7) is 2.53. The second-order valence-corrected chi connectivity index (χ2v) is 5.75. The molecule has 21 heavy (non-hydrogen) atoms. The van der Waals surface area contributed by atoms with Gasteiger partial charge in [-0.1, -0.05) is 30.3 Å². The van der Waals surface area contributed by atoms with E-state index >= 15 is 0 Å². The molecule has 106 valence electrons. The van der Waals surface area contributed by atoms with Gasteiger partial charge in [-0.05, 0) is 30.7 Å². The normalized spacial score (nSPS) is 10.5. The summed E-state index contributed by atoms with van der Waals surface area (Å²) in [6.07, 6.45) is 0. The van der Waals surface area contributed by atoms with Gasteiger partial charge < -0.3 is 10.5 Å². The molecule has 0 amide bonds. The van der Waals surface area contributed by atoms with Crippen LogP contribution in [0.5, 0.6) is 5.75 Å². The number of ether oxygens (including phenoxy) is 1. The first-order chi connectivity index (χ1) is 10.2. The molecular weight excluding hydrogens is 280 g/mol. The van der Waals surface area contributed by atoms with Gasteiger partial charge in [0.1, 0.15) is 17.4 Å². The maximum atomic E-state index is 5.82. The fourth-order valence-corrected chi connectivity index (χ4v) is 2.74. The molecule has 1 aromatic heterocycles. The van der Waals surface area contributed by atoms with E-state index in [9.17, 15) is 0 Å². The van der Waals surface area contributed by atoms with Crippen molar-refractivity contribution < 1.29 is 4.74 Å². The lowest BCUT2D eigenvalue weighted by Gasteiger charge is -2.06. The first kappa shape index (κ1) is 13.6. The van der Waals surface area contributed by atoms with Crippen LogP contribution in [0.15, 0.2) is 53.9 Å². The van der Waals surface area contributed by atoms with Gasteiger partial charge >= 0.3 is 0 Å². The molecule has 0 bridgehead atoms. The maximum absolute atomic E-state index is 5.82. The highest BCUT2D eigenvalue weighted by Crippen LogP contribution is 2.24. The van der Waals surface area contributed by atoms with Crippen LogP contribution >= 0.6 is 11.3 Å². The van der Waals surface area contributed by atoms with Gasteiger partial charge in [0.2, 0.25) is 0 Å². The summed E-state index contributed by atoms with van der Waals surface area (Å²) in [7, 11) is 0. The average Bonchev–Trinajstić information content (AvgIpc) is 2.96. The standard InChI is InChI=1S/C17H16N2OS/c1-12-4-2-3-5-16(12)20-10-17-19-15(11-21-17)13-6-8-14(18)9-7-13/h2-9,11H,10,18H2,1H3. The lowest BCUT2D eigenvalue weighted by atomic mass is 10.1. The zero-order valence-corrected chi connectivity index (χ0v) is 12.6. The second kappa shape index (κ2) is 5.97. The molecule has 0 unspecified atom stereocenters. The minimum absolute atomic E-state index is 0.491. The smallest absolute Gasteiger partial charge is 0.140 e. The van der Waals surface area contributed by atoms with Crippen LogP contribution in [0.2, 0.25) is 0 Å². The van der Waals surface area contributed by atoms with Gasteiger partial charge in [0.25, 0.3) is 0 Å². The van der Waals surface area contributed by atoms with Crippen molar-refractivity contribution in [2.45, 2.75) is 13.5 Å². The van der Waals surface area contributed by atoms with Crippen molar-refractivity contribution >= 4 is 17.0 Å². The zero-order valence-electron chi connectivity index (χ0n) is 11.7. The molecular formula is C17H16N2OS. The highest BCUT2D eigenvalue weighted by molar-refractivity contribution is 7.09. The van der Waals surface area contributed by atoms with Crippen LogP contribution in [0.1, 0.15) is 10.6 Å². The molecule has 4 heteroatoms. The number of hydrogen-bond donors (Lipinski definition) is 1. The molecule has 1 heterocycles. The monoisotopic (exact) mass is 296 g/mol. The fourth-order valence-electron chi connectivity index (χ4n) is 2.02. The molecule has 0 atom stereocenters. The van der Waals surface area contributed by atoms with E-state index < -0.39 is 0 Å². The quantitative estimate of drug-likeness (QED) is 0.731. The number of benzene rings is 2. The summed E-state index contributed by atoms with van der Waals surface area (Å²) in [5.41, 5.74) is 9.63. The van der Waals surface area contributed by atoms with E-state index in [-0.39, 0.29) is 0 Å². The first-order valence-electron chi connectivity index (χ1n) is 6.71. The summed E-state index contributed by atoms with van der Waals surface area (Å²) < 4.78 is 5.82. The Morgan fingerprint density at radius 1 is 1.10 bits per heavy atom. The number of aromatic nitrogens is 1. The van der Waals surface area contributed by atoms with Gasteiger partial charge in [-0.15, -0.1) is 11.3 Å². The Morgan fingerprint density at radius 3 is 2.62 bits per heavy atom. The van der Waals surface area contributed by atoms with Crippen LogP contribution in [-0.2, 0) is 6.61 Å². The molecule has 3 aromatic rings. The van der Waals surface area contributed by atoms with Crippen LogP contribution in [-0.4, -0.2) is 4.98 Å². The Kier molecular flexibility index (Phi) is 3.88. The number of hydrogen-bond acceptors (Lipinski definition) is 4. The van der Waals surface area contributed by atoms with Crippen LogP contribution < -0.4 is 10.5 Å². The molecule has 2 N–H and O–H groups in total. The van der Waals surface area contributed by atoms with Crippen molar-refractivity contribution in [3.8, 4) is 17.0 Å². The van der Waals surface area contributed by atoms with Crippen LogP contribution in [0.25, 0.3) is 11.3 Å². The van der Waals surface area contributed by atoms with Gasteiger partial charge in [-0.3, -0.25) is 0 Å². The van der Waals surface area contributed by atoms with E-state index in [1.807, 2.05) is 60.8 Å². The molecule has 0 saturated heterocycles. The second-order valence-electron chi connectivity index (χ2n) is 4.80. The maximum Gasteiger partial charge on any atom is 0.140 e. The number of anilines is 1. The van der Waals surface area contributed by atoms with Gasteiger partial charge in [0.05, 0.1) is 5.69 Å². The van der Waals surface area contributed by atoms with Crippen molar-refractivity contribution in [3.63, 3.8) is 0 Å². The molecule has 3 rings (SSSR count). The molecule has 0 saturated carbocycles. The van der Waals surface area contributed by atoms with Gasteiger partial charge in [0.15, 0.2) is 0 Å². The Labute approximate surface area is 128 Å². The van der Waals surface area contributed by atoms with E-state index in [1.165, 1.54) is 0 Å². The lowest BCUT2D eigenvalue weighted by Crippen LogP contribution is -1.96. The molecule has 0 aliphatic heterocycles. The minimum atomic E-state index is 0.491. The summed E-state index contributed by atoms with van der Waals surface area (Å²) in [4.78, 5) is 4.61. The minimum Gasteiger partial charge on any atom is -0.486 e. The Balaban J connectivity index is 1.71. The Morgan fingerprint density at radius 2 is 1.86 bits per heavy atom. The molecule has 0 aliphatic rings. The molecule has 3 nitrogen and oxygen atoms in total. The highest BCUT2D eigenvalue weighted by Gasteiger charge is 2.06. The lowest BCUT2D eigenvalue weighted by molar-refractivity contribution is 0.303. The van der Waals surface area contributed by atoms with Gasteiger partial charge in [-0.25, -0.2) is 4.98 Å². The van der Waals surface area contributed by atoms with Crippen molar-refractivity contribution in [3.05, 3.63) is 64.5 Å². The average molecular weight is 296 g/mol. The van der Waals surface area contributed by atoms with E-state index in [0.717, 1.165) is 33.3 Å². The topological polar surface area (TPSA) is 48.1 Å². The number of nitrogen functional groups attached to an aromatic ring is 1. The third-order valence-electron chi connectivity index (χ3n) is 3.20. The van der Waals surface area contributed by atoms with Gasteiger partial charge in [0, 0.05) is 16.6 Å². The zero-order chi connectivity index (χ0) is 14.7. The van der Waals surface area contributed by atoms with Crippen LogP contribution in [0.4, 0.5) is 5.69 Å². The predicted molar refractivity (Wildman–Crippen MR) is 87.5 cm³/mol. The Bertz CT molecular complexity index is 735. The van der Waals surface area contributed by atoms with Crippen LogP contribution in [0, 0.1) is 6.92 Å². The summed E-state index contributed by atoms with van der Waals surface area (Å²) in [6, 6.07) is 15.7. The number of para-hydroxylation sites is 1. The summed E-state index contributed by atoms with van der Waals surface area (Å²) in [5, 5.41) is 3.01. The largest absolute Gasteiger partial charge is 0.486 e. The molecule has 0 aliphatic carbocycles. The molecule has 0 radical (unpaired) electrons. The Hall–Kier alpha value is -2.33. The predicted octanol–water partition coefficient (Wildman–Crippen LogP) is 4.28. The summed E-state index contributed by atoms with van der Waals surface area (Å²) in [5.74, 6) is 0.904. The third kappa shape index (κ3) is 3.23. The fraction of sp³-hybridized carbons (Fsp3) is 0.118. The SMILES string of the molecule is Cc1ccccc1OCc1nc(-c2ccc(N)cc2)cs1. The van der Waals surface area contributed by atoms with Crippen molar-refractivity contribution in [2.75, 3.05) is 5.73 Å². The van der Waals surface area contributed by atoms with E-state index in [4.69, 9.17) is 10.5 Å². The van der Waals surface area contributed by atoms with Crippen LogP contribution in [0.3, 0.4) is 0 Å². The molecule has 0 fully saturated rings. The van der Waals surface area contributed by atoms with Gasteiger partial charge in [-0.2, -0.15) is 0 Å². The summed E-state index contributed by atoms with van der Waals surface area (Å²) >= 11 is 1.61. The number of thiazole rings is 1. The highest BCUT2D eigenvalue weighted by atomic mass is 32.1. The number of nitrogens with two attached hydrogens (primary N) is 1. The molecule has 0 spiro atoms. The van der Waals surface area contributed by atoms with E-state index in [1.54, 1.807) is 11.3 Å². The van der Waals surface area contributed by atoms with E-state index in [2.05, 4.69) is 4.98 Å². The van der Waals surface area contributed by atoms with Crippen molar-refractivity contribution in [2.24, 2.45) is 0 Å². The third-order valence-corrected chi connectivity index (χ3v) is 4.03.